The number of hydrogen-bond acceptors (Lipinski definition) is 8. The standard InChI is InChI=1S/C25H31N3O5S2/c1-3-32-21-10-7-18(13-22(21)33-4-2)11-12-26-24(29)14-17-5-8-19(9-6-17)27-25-28-20-15-35(30,31)16-23(20)34-25/h5-10,13,20,23H,3-4,11-12,14-16H2,1-2H3,(H,26,29)(H,27,28)/t20-,23-/m0/s1. The quantitative estimate of drug-likeness (QED) is 0.499. The van der Waals surface area contributed by atoms with E-state index in [1.165, 1.54) is 11.8 Å². The first-order chi connectivity index (χ1) is 16.8. The van der Waals surface area contributed by atoms with E-state index in [9.17, 15) is 13.2 Å². The number of rotatable bonds is 10. The summed E-state index contributed by atoms with van der Waals surface area (Å²) in [6.07, 6.45) is 0.996. The number of anilines is 1. The molecule has 0 spiro atoms. The fourth-order valence-electron chi connectivity index (χ4n) is 4.09. The highest BCUT2D eigenvalue weighted by Crippen LogP contribution is 2.34. The SMILES string of the molecule is CCOc1ccc(CCNC(=O)Cc2ccc(NC3=N[C@H]4CS(=O)(=O)C[C@@H]4S3)cc2)cc1OCC. The van der Waals surface area contributed by atoms with Crippen molar-refractivity contribution >= 4 is 38.4 Å². The zero-order valence-electron chi connectivity index (χ0n) is 20.0. The molecular formula is C25H31N3O5S2. The lowest BCUT2D eigenvalue weighted by atomic mass is 10.1. The molecule has 2 aromatic carbocycles. The number of amidine groups is 1. The van der Waals surface area contributed by atoms with Crippen LogP contribution in [0.2, 0.25) is 0 Å². The second kappa shape index (κ2) is 11.3. The van der Waals surface area contributed by atoms with Gasteiger partial charge in [-0.15, -0.1) is 0 Å². The van der Waals surface area contributed by atoms with E-state index in [0.717, 1.165) is 33.5 Å². The van der Waals surface area contributed by atoms with Gasteiger partial charge in [0, 0.05) is 17.5 Å². The summed E-state index contributed by atoms with van der Waals surface area (Å²) in [5.74, 6) is 1.75. The minimum Gasteiger partial charge on any atom is -0.490 e. The number of aliphatic imine (C=N–C) groups is 1. The van der Waals surface area contributed by atoms with Gasteiger partial charge in [0.1, 0.15) is 0 Å². The van der Waals surface area contributed by atoms with Crippen molar-refractivity contribution in [2.24, 2.45) is 4.99 Å². The average molecular weight is 518 g/mol. The molecule has 0 aliphatic carbocycles. The number of ether oxygens (including phenoxy) is 2. The summed E-state index contributed by atoms with van der Waals surface area (Å²) in [5.41, 5.74) is 2.85. The summed E-state index contributed by atoms with van der Waals surface area (Å²) < 4.78 is 34.7. The molecule has 1 saturated heterocycles. The number of amides is 1. The van der Waals surface area contributed by atoms with E-state index < -0.39 is 9.84 Å². The molecule has 8 nitrogen and oxygen atoms in total. The van der Waals surface area contributed by atoms with Crippen LogP contribution in [0.3, 0.4) is 0 Å². The van der Waals surface area contributed by atoms with E-state index in [1.54, 1.807) is 0 Å². The Morgan fingerprint density at radius 3 is 2.46 bits per heavy atom. The lowest BCUT2D eigenvalue weighted by molar-refractivity contribution is -0.120. The molecule has 1 amide bonds. The average Bonchev–Trinajstić information content (AvgIpc) is 3.29. The molecule has 35 heavy (non-hydrogen) atoms. The van der Waals surface area contributed by atoms with E-state index in [1.807, 2.05) is 56.3 Å². The Kier molecular flexibility index (Phi) is 8.22. The first-order valence-corrected chi connectivity index (χ1v) is 14.5. The first-order valence-electron chi connectivity index (χ1n) is 11.8. The summed E-state index contributed by atoms with van der Waals surface area (Å²) in [6, 6.07) is 13.4. The highest BCUT2D eigenvalue weighted by Gasteiger charge is 2.42. The van der Waals surface area contributed by atoms with Crippen molar-refractivity contribution in [1.82, 2.24) is 5.32 Å². The zero-order valence-corrected chi connectivity index (χ0v) is 21.6. The highest BCUT2D eigenvalue weighted by molar-refractivity contribution is 8.15. The second-order valence-electron chi connectivity index (χ2n) is 8.48. The molecule has 0 radical (unpaired) electrons. The largest absolute Gasteiger partial charge is 0.490 e. The summed E-state index contributed by atoms with van der Waals surface area (Å²) in [4.78, 5) is 16.9. The van der Waals surface area contributed by atoms with Crippen LogP contribution >= 0.6 is 11.8 Å². The zero-order chi connectivity index (χ0) is 24.8. The van der Waals surface area contributed by atoms with Gasteiger partial charge in [0.2, 0.25) is 5.91 Å². The number of nitrogens with zero attached hydrogens (tertiary/aromatic N) is 1. The topological polar surface area (TPSA) is 106 Å². The Balaban J connectivity index is 1.22. The molecule has 2 aliphatic rings. The van der Waals surface area contributed by atoms with Gasteiger partial charge in [0.05, 0.1) is 37.2 Å². The number of hydrogen-bond donors (Lipinski definition) is 2. The Bertz CT molecular complexity index is 1180. The molecule has 4 rings (SSSR count). The van der Waals surface area contributed by atoms with E-state index >= 15 is 0 Å². The van der Waals surface area contributed by atoms with Crippen molar-refractivity contribution in [2.75, 3.05) is 36.6 Å². The number of nitrogens with one attached hydrogen (secondary N) is 2. The van der Waals surface area contributed by atoms with E-state index in [2.05, 4.69) is 15.6 Å². The van der Waals surface area contributed by atoms with Crippen molar-refractivity contribution < 1.29 is 22.7 Å². The number of thioether (sulfide) groups is 1. The Labute approximate surface area is 210 Å². The van der Waals surface area contributed by atoms with Crippen molar-refractivity contribution in [3.8, 4) is 11.5 Å². The molecule has 2 heterocycles. The van der Waals surface area contributed by atoms with Crippen LogP contribution in [0.1, 0.15) is 25.0 Å². The molecule has 1 fully saturated rings. The van der Waals surface area contributed by atoms with Gasteiger partial charge in [-0.1, -0.05) is 30.0 Å². The summed E-state index contributed by atoms with van der Waals surface area (Å²) in [7, 11) is -2.95. The van der Waals surface area contributed by atoms with Gasteiger partial charge >= 0.3 is 0 Å². The summed E-state index contributed by atoms with van der Waals surface area (Å²) in [6.45, 7) is 5.55. The minimum absolute atomic E-state index is 0.0128. The van der Waals surface area contributed by atoms with Crippen LogP contribution in [0, 0.1) is 0 Å². The van der Waals surface area contributed by atoms with Gasteiger partial charge in [0.25, 0.3) is 0 Å². The predicted molar refractivity (Wildman–Crippen MR) is 141 cm³/mol. The number of carbonyl (C=O) groups is 1. The maximum Gasteiger partial charge on any atom is 0.224 e. The van der Waals surface area contributed by atoms with Gasteiger partial charge in [-0.05, 0) is 55.7 Å². The third-order valence-electron chi connectivity index (χ3n) is 5.73. The van der Waals surface area contributed by atoms with Gasteiger partial charge in [0.15, 0.2) is 26.5 Å². The van der Waals surface area contributed by atoms with Crippen LogP contribution in [0.15, 0.2) is 47.5 Å². The Hall–Kier alpha value is -2.72. The van der Waals surface area contributed by atoms with Crippen LogP contribution < -0.4 is 20.1 Å². The molecule has 0 aromatic heterocycles. The van der Waals surface area contributed by atoms with E-state index in [4.69, 9.17) is 9.47 Å². The first kappa shape index (κ1) is 25.4. The maximum atomic E-state index is 12.4. The van der Waals surface area contributed by atoms with Gasteiger partial charge in [-0.3, -0.25) is 9.79 Å². The van der Waals surface area contributed by atoms with E-state index in [0.29, 0.717) is 32.6 Å². The van der Waals surface area contributed by atoms with Crippen LogP contribution in [0.4, 0.5) is 5.69 Å². The van der Waals surface area contributed by atoms with Crippen molar-refractivity contribution in [3.05, 3.63) is 53.6 Å². The number of carbonyl (C=O) groups excluding carboxylic acids is 1. The Morgan fingerprint density at radius 2 is 1.74 bits per heavy atom. The lowest BCUT2D eigenvalue weighted by Crippen LogP contribution is -2.27. The minimum atomic E-state index is -2.95. The molecule has 188 valence electrons. The maximum absolute atomic E-state index is 12.4. The fraction of sp³-hybridized carbons (Fsp3) is 0.440. The third-order valence-corrected chi connectivity index (χ3v) is 8.87. The predicted octanol–water partition coefficient (Wildman–Crippen LogP) is 3.07. The highest BCUT2D eigenvalue weighted by atomic mass is 32.2. The number of fused-ring (bicyclic) bond motifs is 1. The molecule has 10 heteroatoms. The van der Waals surface area contributed by atoms with Crippen LogP contribution in [0.25, 0.3) is 0 Å². The monoisotopic (exact) mass is 517 g/mol. The molecule has 0 saturated carbocycles. The molecule has 2 atom stereocenters. The molecule has 2 aromatic rings. The third kappa shape index (κ3) is 6.91. The lowest BCUT2D eigenvalue weighted by Gasteiger charge is -2.13. The summed E-state index contributed by atoms with van der Waals surface area (Å²) >= 11 is 1.49. The fourth-order valence-corrected chi connectivity index (χ4v) is 7.77. The van der Waals surface area contributed by atoms with Gasteiger partial charge in [-0.25, -0.2) is 8.42 Å². The molecule has 2 aliphatic heterocycles. The summed E-state index contributed by atoms with van der Waals surface area (Å²) in [5, 5.41) is 6.99. The number of benzene rings is 2. The smallest absolute Gasteiger partial charge is 0.224 e. The van der Waals surface area contributed by atoms with Gasteiger partial charge in [-0.2, -0.15) is 0 Å². The second-order valence-corrected chi connectivity index (χ2v) is 11.9. The molecular weight excluding hydrogens is 486 g/mol. The molecule has 2 N–H and O–H groups in total. The molecule has 0 unspecified atom stereocenters. The van der Waals surface area contributed by atoms with Crippen LogP contribution in [-0.4, -0.2) is 62.0 Å². The van der Waals surface area contributed by atoms with Crippen molar-refractivity contribution in [2.45, 2.75) is 38.0 Å². The van der Waals surface area contributed by atoms with Gasteiger partial charge < -0.3 is 20.1 Å². The Morgan fingerprint density at radius 1 is 1.03 bits per heavy atom. The molecule has 0 bridgehead atoms. The van der Waals surface area contributed by atoms with Crippen molar-refractivity contribution in [1.29, 1.82) is 0 Å². The normalized spacial score (nSPS) is 20.1. The van der Waals surface area contributed by atoms with E-state index in [-0.39, 0.29) is 28.7 Å². The number of sulfone groups is 1. The van der Waals surface area contributed by atoms with Crippen molar-refractivity contribution in [3.63, 3.8) is 0 Å². The van der Waals surface area contributed by atoms with Crippen LogP contribution in [-0.2, 0) is 27.5 Å². The van der Waals surface area contributed by atoms with Crippen LogP contribution in [0.5, 0.6) is 11.5 Å².